The average molecular weight is 476 g/mol. The molecule has 0 saturated carbocycles. The standard InChI is InChI=1S/C27H33N5O3/c28-27(34)20-10-11-23-22(18-20)26(30-32(23)25-9-2-5-16-35-25)19-7-6-8-21(17-19)29-24(33)12-15-31-13-3-1-4-14-31/h6-8,10-11,17-18,25H,1-5,9,12-16H2,(H2,28,34)(H,29,33). The molecule has 2 amide bonds. The number of likely N-dealkylation sites (tertiary alicyclic amines) is 1. The summed E-state index contributed by atoms with van der Waals surface area (Å²) >= 11 is 0. The number of carbonyl (C=O) groups is 2. The third kappa shape index (κ3) is 5.39. The van der Waals surface area contributed by atoms with E-state index in [0.717, 1.165) is 66.7 Å². The van der Waals surface area contributed by atoms with E-state index in [-0.39, 0.29) is 12.1 Å². The number of nitrogens with one attached hydrogen (secondary N) is 1. The summed E-state index contributed by atoms with van der Waals surface area (Å²) in [6.07, 6.45) is 7.07. The van der Waals surface area contributed by atoms with Crippen LogP contribution >= 0.6 is 0 Å². The summed E-state index contributed by atoms with van der Waals surface area (Å²) in [7, 11) is 0. The average Bonchev–Trinajstić information content (AvgIpc) is 3.28. The Morgan fingerprint density at radius 1 is 1.06 bits per heavy atom. The van der Waals surface area contributed by atoms with Crippen LogP contribution < -0.4 is 11.1 Å². The minimum atomic E-state index is -0.478. The van der Waals surface area contributed by atoms with Gasteiger partial charge in [-0.3, -0.25) is 9.59 Å². The minimum absolute atomic E-state index is 0.00901. The highest BCUT2D eigenvalue weighted by Gasteiger charge is 2.22. The highest BCUT2D eigenvalue weighted by Crippen LogP contribution is 2.34. The summed E-state index contributed by atoms with van der Waals surface area (Å²) in [4.78, 5) is 26.9. The second-order valence-electron chi connectivity index (χ2n) is 9.49. The van der Waals surface area contributed by atoms with E-state index in [0.29, 0.717) is 18.6 Å². The lowest BCUT2D eigenvalue weighted by molar-refractivity contribution is -0.116. The summed E-state index contributed by atoms with van der Waals surface area (Å²) in [6, 6.07) is 13.1. The van der Waals surface area contributed by atoms with Gasteiger partial charge in [-0.25, -0.2) is 4.68 Å². The van der Waals surface area contributed by atoms with Gasteiger partial charge in [0.15, 0.2) is 6.23 Å². The molecule has 2 aliphatic rings. The fraction of sp³-hybridized carbons (Fsp3) is 0.444. The molecule has 3 N–H and O–H groups in total. The summed E-state index contributed by atoms with van der Waals surface area (Å²) < 4.78 is 7.92. The predicted octanol–water partition coefficient (Wildman–Crippen LogP) is 4.32. The van der Waals surface area contributed by atoms with Gasteiger partial charge in [0.2, 0.25) is 11.8 Å². The number of hydrogen-bond donors (Lipinski definition) is 2. The number of nitrogens with zero attached hydrogens (tertiary/aromatic N) is 3. The van der Waals surface area contributed by atoms with Gasteiger partial charge in [0.1, 0.15) is 5.69 Å². The molecule has 2 aliphatic heterocycles. The number of carbonyl (C=O) groups excluding carboxylic acids is 2. The van der Waals surface area contributed by atoms with Gasteiger partial charge in [-0.2, -0.15) is 5.10 Å². The summed E-state index contributed by atoms with van der Waals surface area (Å²) in [6.45, 7) is 3.66. The zero-order chi connectivity index (χ0) is 24.2. The van der Waals surface area contributed by atoms with Crippen LogP contribution in [0.3, 0.4) is 0 Å². The number of nitrogens with two attached hydrogens (primary N) is 1. The second kappa shape index (κ2) is 10.6. The number of amides is 2. The summed E-state index contributed by atoms with van der Waals surface area (Å²) in [5.74, 6) is -0.469. The monoisotopic (exact) mass is 475 g/mol. The lowest BCUT2D eigenvalue weighted by Crippen LogP contribution is -2.32. The summed E-state index contributed by atoms with van der Waals surface area (Å²) in [5, 5.41) is 8.80. The molecule has 0 radical (unpaired) electrons. The van der Waals surface area contributed by atoms with Crippen LogP contribution in [0, 0.1) is 0 Å². The first kappa shape index (κ1) is 23.5. The van der Waals surface area contributed by atoms with Gasteiger partial charge < -0.3 is 20.7 Å². The molecular formula is C27H33N5O3. The van der Waals surface area contributed by atoms with Gasteiger partial charge in [0.05, 0.1) is 5.52 Å². The molecule has 8 heteroatoms. The Bertz CT molecular complexity index is 1210. The SMILES string of the molecule is NC(=O)c1ccc2c(c1)c(-c1cccc(NC(=O)CCN3CCCCC3)c1)nn2C1CCCCO1. The maximum Gasteiger partial charge on any atom is 0.248 e. The molecule has 0 spiro atoms. The Balaban J connectivity index is 1.41. The molecule has 184 valence electrons. The first-order chi connectivity index (χ1) is 17.1. The zero-order valence-electron chi connectivity index (χ0n) is 20.0. The van der Waals surface area contributed by atoms with E-state index in [9.17, 15) is 9.59 Å². The van der Waals surface area contributed by atoms with Crippen molar-refractivity contribution in [3.63, 3.8) is 0 Å². The predicted molar refractivity (Wildman–Crippen MR) is 136 cm³/mol. The quantitative estimate of drug-likeness (QED) is 0.530. The number of benzene rings is 2. The second-order valence-corrected chi connectivity index (χ2v) is 9.49. The molecule has 2 aromatic carbocycles. The number of primary amides is 1. The van der Waals surface area contributed by atoms with Crippen molar-refractivity contribution < 1.29 is 14.3 Å². The molecule has 0 aliphatic carbocycles. The van der Waals surface area contributed by atoms with Crippen LogP contribution in [0.15, 0.2) is 42.5 Å². The van der Waals surface area contributed by atoms with E-state index in [1.165, 1.54) is 19.3 Å². The Kier molecular flexibility index (Phi) is 7.11. The number of ether oxygens (including phenoxy) is 1. The Hall–Kier alpha value is -3.23. The van der Waals surface area contributed by atoms with Gasteiger partial charge in [0.25, 0.3) is 0 Å². The third-order valence-corrected chi connectivity index (χ3v) is 6.94. The molecule has 8 nitrogen and oxygen atoms in total. The van der Waals surface area contributed by atoms with Crippen molar-refractivity contribution in [1.29, 1.82) is 0 Å². The first-order valence-electron chi connectivity index (χ1n) is 12.6. The van der Waals surface area contributed by atoms with Crippen molar-refractivity contribution in [3.8, 4) is 11.3 Å². The van der Waals surface area contributed by atoms with E-state index in [4.69, 9.17) is 15.6 Å². The Labute approximate surface area is 205 Å². The molecule has 2 saturated heterocycles. The lowest BCUT2D eigenvalue weighted by Gasteiger charge is -2.25. The molecule has 3 aromatic rings. The van der Waals surface area contributed by atoms with E-state index in [1.807, 2.05) is 35.0 Å². The molecule has 35 heavy (non-hydrogen) atoms. The van der Waals surface area contributed by atoms with Crippen LogP contribution in [-0.4, -0.2) is 52.7 Å². The highest BCUT2D eigenvalue weighted by atomic mass is 16.5. The smallest absolute Gasteiger partial charge is 0.248 e. The largest absolute Gasteiger partial charge is 0.366 e. The minimum Gasteiger partial charge on any atom is -0.366 e. The topological polar surface area (TPSA) is 102 Å². The van der Waals surface area contributed by atoms with Crippen LogP contribution in [0.5, 0.6) is 0 Å². The fourth-order valence-corrected chi connectivity index (χ4v) is 5.05. The Morgan fingerprint density at radius 2 is 1.91 bits per heavy atom. The first-order valence-corrected chi connectivity index (χ1v) is 12.6. The molecular weight excluding hydrogens is 442 g/mol. The molecule has 1 unspecified atom stereocenters. The normalized spacial score (nSPS) is 19.0. The molecule has 1 aromatic heterocycles. The van der Waals surface area contributed by atoms with Gasteiger partial charge >= 0.3 is 0 Å². The van der Waals surface area contributed by atoms with Crippen molar-refractivity contribution in [3.05, 3.63) is 48.0 Å². The zero-order valence-corrected chi connectivity index (χ0v) is 20.0. The van der Waals surface area contributed by atoms with Crippen molar-refractivity contribution >= 4 is 28.4 Å². The molecule has 1 atom stereocenters. The number of hydrogen-bond acceptors (Lipinski definition) is 5. The fourth-order valence-electron chi connectivity index (χ4n) is 5.05. The third-order valence-electron chi connectivity index (χ3n) is 6.94. The van der Waals surface area contributed by atoms with Crippen molar-refractivity contribution in [1.82, 2.24) is 14.7 Å². The van der Waals surface area contributed by atoms with Gasteiger partial charge in [-0.1, -0.05) is 18.6 Å². The highest BCUT2D eigenvalue weighted by molar-refractivity contribution is 6.01. The van der Waals surface area contributed by atoms with Crippen molar-refractivity contribution in [2.75, 3.05) is 31.6 Å². The number of fused-ring (bicyclic) bond motifs is 1. The van der Waals surface area contributed by atoms with Crippen LogP contribution in [-0.2, 0) is 9.53 Å². The van der Waals surface area contributed by atoms with Crippen LogP contribution in [0.2, 0.25) is 0 Å². The van der Waals surface area contributed by atoms with Gasteiger partial charge in [0, 0.05) is 41.8 Å². The molecule has 0 bridgehead atoms. The lowest BCUT2D eigenvalue weighted by atomic mass is 10.0. The molecule has 3 heterocycles. The number of anilines is 1. The molecule has 5 rings (SSSR count). The van der Waals surface area contributed by atoms with E-state index < -0.39 is 5.91 Å². The van der Waals surface area contributed by atoms with Crippen LogP contribution in [0.25, 0.3) is 22.2 Å². The van der Waals surface area contributed by atoms with Crippen molar-refractivity contribution in [2.45, 2.75) is 51.2 Å². The van der Waals surface area contributed by atoms with Crippen LogP contribution in [0.4, 0.5) is 5.69 Å². The van der Waals surface area contributed by atoms with E-state index in [2.05, 4.69) is 10.2 Å². The van der Waals surface area contributed by atoms with E-state index in [1.54, 1.807) is 12.1 Å². The van der Waals surface area contributed by atoms with Crippen LogP contribution in [0.1, 0.15) is 61.5 Å². The molecule has 2 fully saturated rings. The number of aromatic nitrogens is 2. The van der Waals surface area contributed by atoms with E-state index >= 15 is 0 Å². The number of rotatable bonds is 7. The van der Waals surface area contributed by atoms with Crippen molar-refractivity contribution in [2.24, 2.45) is 5.73 Å². The number of piperidine rings is 1. The summed E-state index contributed by atoms with van der Waals surface area (Å²) in [5.41, 5.74) is 9.22. The van der Waals surface area contributed by atoms with Gasteiger partial charge in [-0.05, 0) is 75.5 Å². The Morgan fingerprint density at radius 3 is 2.69 bits per heavy atom. The maximum absolute atomic E-state index is 12.6. The maximum atomic E-state index is 12.6. The van der Waals surface area contributed by atoms with Gasteiger partial charge in [-0.15, -0.1) is 0 Å².